The number of rotatable bonds is 4. The highest BCUT2D eigenvalue weighted by Crippen LogP contribution is 2.26. The minimum atomic E-state index is -0.813. The summed E-state index contributed by atoms with van der Waals surface area (Å²) in [6.45, 7) is 0.392. The minimum Gasteiger partial charge on any atom is -0.381 e. The molecule has 0 aromatic heterocycles. The molecule has 0 aliphatic heterocycles. The second-order valence-electron chi connectivity index (χ2n) is 4.13. The number of anilines is 1. The summed E-state index contributed by atoms with van der Waals surface area (Å²) in [7, 11) is 0. The molecule has 0 radical (unpaired) electrons. The third-order valence-corrected chi connectivity index (χ3v) is 3.60. The second kappa shape index (κ2) is 6.11. The number of hydrogen-bond acceptors (Lipinski definition) is 2. The van der Waals surface area contributed by atoms with Crippen LogP contribution in [-0.2, 0) is 6.54 Å². The zero-order valence-electron chi connectivity index (χ0n) is 10.3. The third-order valence-electron chi connectivity index (χ3n) is 2.75. The van der Waals surface area contributed by atoms with E-state index >= 15 is 0 Å². The van der Waals surface area contributed by atoms with Crippen molar-refractivity contribution in [3.63, 3.8) is 0 Å². The summed E-state index contributed by atoms with van der Waals surface area (Å²) in [5, 5.41) is 3.95. The predicted octanol–water partition coefficient (Wildman–Crippen LogP) is 3.84. The van der Waals surface area contributed by atoms with E-state index in [2.05, 4.69) is 5.32 Å². The molecule has 3 nitrogen and oxygen atoms in total. The Labute approximate surface area is 125 Å². The Morgan fingerprint density at radius 3 is 2.70 bits per heavy atom. The molecule has 0 aliphatic rings. The Morgan fingerprint density at radius 1 is 1.25 bits per heavy atom. The highest BCUT2D eigenvalue weighted by Gasteiger charge is 2.09. The van der Waals surface area contributed by atoms with Crippen molar-refractivity contribution in [3.05, 3.63) is 63.4 Å². The van der Waals surface area contributed by atoms with Crippen molar-refractivity contribution in [2.45, 2.75) is 6.54 Å². The van der Waals surface area contributed by atoms with Gasteiger partial charge in [0.15, 0.2) is 0 Å². The summed E-state index contributed by atoms with van der Waals surface area (Å²) >= 11 is 12.0. The Balaban J connectivity index is 2.17. The maximum absolute atomic E-state index is 13.3. The minimum absolute atomic E-state index is 0.160. The lowest BCUT2D eigenvalue weighted by molar-refractivity contribution is 0.0996. The van der Waals surface area contributed by atoms with E-state index in [0.29, 0.717) is 22.3 Å². The molecule has 0 saturated heterocycles. The molecule has 1 amide bonds. The second-order valence-corrected chi connectivity index (χ2v) is 4.91. The molecule has 104 valence electrons. The molecule has 0 heterocycles. The monoisotopic (exact) mass is 312 g/mol. The van der Waals surface area contributed by atoms with E-state index in [0.717, 1.165) is 5.56 Å². The van der Waals surface area contributed by atoms with Gasteiger partial charge in [0.1, 0.15) is 5.82 Å². The number of nitrogens with two attached hydrogens (primary N) is 1. The van der Waals surface area contributed by atoms with E-state index in [4.69, 9.17) is 28.9 Å². The average Bonchev–Trinajstić information content (AvgIpc) is 2.41. The number of halogens is 3. The van der Waals surface area contributed by atoms with Crippen molar-refractivity contribution in [2.24, 2.45) is 5.73 Å². The highest BCUT2D eigenvalue weighted by atomic mass is 35.5. The fourth-order valence-electron chi connectivity index (χ4n) is 1.71. The van der Waals surface area contributed by atoms with Gasteiger partial charge in [-0.2, -0.15) is 0 Å². The van der Waals surface area contributed by atoms with Gasteiger partial charge in [0.25, 0.3) is 5.91 Å². The molecule has 0 unspecified atom stereocenters. The van der Waals surface area contributed by atoms with E-state index in [1.807, 2.05) is 6.07 Å². The number of nitrogens with one attached hydrogen (secondary N) is 1. The highest BCUT2D eigenvalue weighted by molar-refractivity contribution is 6.42. The first-order valence-electron chi connectivity index (χ1n) is 5.75. The van der Waals surface area contributed by atoms with E-state index < -0.39 is 11.7 Å². The molecular weight excluding hydrogens is 302 g/mol. The smallest absolute Gasteiger partial charge is 0.251 e. The molecular formula is C14H11Cl2FN2O. The molecule has 0 atom stereocenters. The first-order chi connectivity index (χ1) is 9.49. The molecule has 3 N–H and O–H groups in total. The molecule has 0 spiro atoms. The largest absolute Gasteiger partial charge is 0.381 e. The van der Waals surface area contributed by atoms with Crippen LogP contribution < -0.4 is 11.1 Å². The van der Waals surface area contributed by atoms with Crippen molar-refractivity contribution in [1.82, 2.24) is 0 Å². The molecule has 2 rings (SSSR count). The van der Waals surface area contributed by atoms with Crippen LogP contribution in [0.3, 0.4) is 0 Å². The number of carbonyl (C=O) groups excluding carboxylic acids is 1. The van der Waals surface area contributed by atoms with Gasteiger partial charge in [-0.05, 0) is 29.8 Å². The maximum atomic E-state index is 13.3. The van der Waals surface area contributed by atoms with Crippen molar-refractivity contribution in [2.75, 3.05) is 5.32 Å². The van der Waals surface area contributed by atoms with E-state index in [1.54, 1.807) is 12.1 Å². The fraction of sp³-hybridized carbons (Fsp3) is 0.0714. The van der Waals surface area contributed by atoms with Crippen LogP contribution in [0.5, 0.6) is 0 Å². The zero-order chi connectivity index (χ0) is 14.7. The summed E-state index contributed by atoms with van der Waals surface area (Å²) in [6, 6.07) is 9.35. The van der Waals surface area contributed by atoms with Crippen LogP contribution in [0.15, 0.2) is 36.4 Å². The summed E-state index contributed by atoms with van der Waals surface area (Å²) in [5.74, 6) is -1.46. The molecule has 0 aliphatic carbocycles. The van der Waals surface area contributed by atoms with E-state index in [1.165, 1.54) is 18.2 Å². The van der Waals surface area contributed by atoms with E-state index in [9.17, 15) is 9.18 Å². The molecule has 0 saturated carbocycles. The van der Waals surface area contributed by atoms with Gasteiger partial charge in [-0.3, -0.25) is 4.79 Å². The SMILES string of the molecule is NC(=O)c1cc(NCc2cccc(Cl)c2Cl)ccc1F. The molecule has 20 heavy (non-hydrogen) atoms. The number of hydrogen-bond donors (Lipinski definition) is 2. The van der Waals surface area contributed by atoms with Crippen molar-refractivity contribution >= 4 is 34.8 Å². The standard InChI is InChI=1S/C14H11Cl2FN2O/c15-11-3-1-2-8(13(11)16)7-19-9-4-5-12(17)10(6-9)14(18)20/h1-6,19H,7H2,(H2,18,20). The first-order valence-corrected chi connectivity index (χ1v) is 6.50. The van der Waals surface area contributed by atoms with Crippen LogP contribution in [-0.4, -0.2) is 5.91 Å². The molecule has 0 fully saturated rings. The zero-order valence-corrected chi connectivity index (χ0v) is 11.8. The van der Waals surface area contributed by atoms with E-state index in [-0.39, 0.29) is 5.56 Å². The maximum Gasteiger partial charge on any atom is 0.251 e. The predicted molar refractivity (Wildman–Crippen MR) is 78.7 cm³/mol. The quantitative estimate of drug-likeness (QED) is 0.901. The number of amides is 1. The number of primary amides is 1. The van der Waals surface area contributed by atoms with Gasteiger partial charge < -0.3 is 11.1 Å². The first kappa shape index (κ1) is 14.6. The van der Waals surface area contributed by atoms with Gasteiger partial charge in [0, 0.05) is 12.2 Å². The van der Waals surface area contributed by atoms with Crippen LogP contribution in [0.1, 0.15) is 15.9 Å². The van der Waals surface area contributed by atoms with Crippen LogP contribution in [0.25, 0.3) is 0 Å². The van der Waals surface area contributed by atoms with Crippen molar-refractivity contribution < 1.29 is 9.18 Å². The third kappa shape index (κ3) is 3.21. The van der Waals surface area contributed by atoms with Crippen LogP contribution in [0.2, 0.25) is 10.0 Å². The summed E-state index contributed by atoms with van der Waals surface area (Å²) in [6.07, 6.45) is 0. The lowest BCUT2D eigenvalue weighted by Crippen LogP contribution is -2.13. The van der Waals surface area contributed by atoms with Crippen molar-refractivity contribution in [1.29, 1.82) is 0 Å². The fourth-order valence-corrected chi connectivity index (χ4v) is 2.09. The lowest BCUT2D eigenvalue weighted by Gasteiger charge is -2.10. The Morgan fingerprint density at radius 2 is 2.00 bits per heavy atom. The van der Waals surface area contributed by atoms with Gasteiger partial charge in [-0.25, -0.2) is 4.39 Å². The number of carbonyl (C=O) groups is 1. The van der Waals surface area contributed by atoms with Gasteiger partial charge in [-0.15, -0.1) is 0 Å². The van der Waals surface area contributed by atoms with Gasteiger partial charge >= 0.3 is 0 Å². The summed E-state index contributed by atoms with van der Waals surface area (Å²) in [4.78, 5) is 11.1. The van der Waals surface area contributed by atoms with Crippen molar-refractivity contribution in [3.8, 4) is 0 Å². The Bertz CT molecular complexity index is 662. The van der Waals surface area contributed by atoms with Crippen LogP contribution in [0.4, 0.5) is 10.1 Å². The summed E-state index contributed by atoms with van der Waals surface area (Å²) < 4.78 is 13.3. The van der Waals surface area contributed by atoms with Crippen LogP contribution >= 0.6 is 23.2 Å². The Kier molecular flexibility index (Phi) is 4.47. The van der Waals surface area contributed by atoms with Crippen LogP contribution in [0, 0.1) is 5.82 Å². The Hall–Kier alpha value is -1.78. The number of benzene rings is 2. The van der Waals surface area contributed by atoms with Gasteiger partial charge in [0.05, 0.1) is 15.6 Å². The van der Waals surface area contributed by atoms with Gasteiger partial charge in [0.2, 0.25) is 0 Å². The van der Waals surface area contributed by atoms with Gasteiger partial charge in [-0.1, -0.05) is 35.3 Å². The summed E-state index contributed by atoms with van der Waals surface area (Å²) in [5.41, 5.74) is 6.29. The molecule has 0 bridgehead atoms. The molecule has 6 heteroatoms. The average molecular weight is 313 g/mol. The topological polar surface area (TPSA) is 55.1 Å². The lowest BCUT2D eigenvalue weighted by atomic mass is 10.1. The normalized spacial score (nSPS) is 10.3. The molecule has 2 aromatic rings. The molecule has 2 aromatic carbocycles.